The van der Waals surface area contributed by atoms with Crippen LogP contribution >= 0.6 is 0 Å². The number of carbonyl (C=O) groups excluding carboxylic acids is 1. The molecule has 1 aliphatic rings. The summed E-state index contributed by atoms with van der Waals surface area (Å²) < 4.78 is 17.1. The van der Waals surface area contributed by atoms with Gasteiger partial charge in [0.25, 0.3) is 5.91 Å². The summed E-state index contributed by atoms with van der Waals surface area (Å²) in [6.45, 7) is 8.75. The Labute approximate surface area is 187 Å². The summed E-state index contributed by atoms with van der Waals surface area (Å²) >= 11 is 0. The Morgan fingerprint density at radius 1 is 1.16 bits per heavy atom. The lowest BCUT2D eigenvalue weighted by Gasteiger charge is -2.37. The molecule has 0 bridgehead atoms. The molecule has 4 rings (SSSR count). The fraction of sp³-hybridized carbons (Fsp3) is 0.375. The number of benzene rings is 1. The molecule has 168 valence electrons. The van der Waals surface area contributed by atoms with Crippen LogP contribution in [0.4, 0.5) is 11.6 Å². The number of aryl methyl sites for hydroxylation is 2. The molecule has 0 radical (unpaired) electrons. The van der Waals surface area contributed by atoms with E-state index in [0.717, 1.165) is 11.3 Å². The Kier molecular flexibility index (Phi) is 6.14. The number of rotatable bonds is 6. The van der Waals surface area contributed by atoms with Gasteiger partial charge in [-0.3, -0.25) is 4.79 Å². The Hall–Kier alpha value is -3.39. The van der Waals surface area contributed by atoms with Crippen LogP contribution in [0.1, 0.15) is 37.0 Å². The van der Waals surface area contributed by atoms with E-state index in [2.05, 4.69) is 15.5 Å². The standard InChI is InChI=1S/C24H28N4O4/c1-16-7-5-8-18(13-16)31-24(3,4)23(29)28-11-12-30-20(15-28)19-9-6-10-21(25-19)26-22-14-17(2)32-27-22/h5-10,13-14,20H,11-12,15H2,1-4H3,(H,25,26,27)/t20-/m1/s1. The van der Waals surface area contributed by atoms with Crippen molar-refractivity contribution in [3.63, 3.8) is 0 Å². The molecule has 0 unspecified atom stereocenters. The Bertz CT molecular complexity index is 1090. The van der Waals surface area contributed by atoms with Crippen LogP contribution in [0, 0.1) is 13.8 Å². The molecule has 1 N–H and O–H groups in total. The van der Waals surface area contributed by atoms with Crippen molar-refractivity contribution >= 4 is 17.5 Å². The number of nitrogens with zero attached hydrogens (tertiary/aromatic N) is 3. The minimum Gasteiger partial charge on any atom is -0.478 e. The van der Waals surface area contributed by atoms with Crippen molar-refractivity contribution in [1.82, 2.24) is 15.0 Å². The zero-order valence-electron chi connectivity index (χ0n) is 18.8. The molecule has 3 aromatic rings. The maximum atomic E-state index is 13.3. The molecule has 1 aliphatic heterocycles. The summed E-state index contributed by atoms with van der Waals surface area (Å²) in [5.74, 6) is 2.52. The van der Waals surface area contributed by atoms with Crippen LogP contribution in [-0.2, 0) is 9.53 Å². The van der Waals surface area contributed by atoms with Gasteiger partial charge in [-0.25, -0.2) is 4.98 Å². The number of hydrogen-bond donors (Lipinski definition) is 1. The Morgan fingerprint density at radius 3 is 2.72 bits per heavy atom. The van der Waals surface area contributed by atoms with Gasteiger partial charge in [0.15, 0.2) is 11.4 Å². The highest BCUT2D eigenvalue weighted by atomic mass is 16.5. The van der Waals surface area contributed by atoms with Gasteiger partial charge in [-0.2, -0.15) is 0 Å². The maximum absolute atomic E-state index is 13.3. The molecule has 1 atom stereocenters. The van der Waals surface area contributed by atoms with E-state index in [0.29, 0.717) is 42.8 Å². The van der Waals surface area contributed by atoms with E-state index in [9.17, 15) is 4.79 Å². The van der Waals surface area contributed by atoms with Gasteiger partial charge in [-0.15, -0.1) is 0 Å². The quantitative estimate of drug-likeness (QED) is 0.620. The van der Waals surface area contributed by atoms with Gasteiger partial charge in [-0.05, 0) is 57.5 Å². The lowest BCUT2D eigenvalue weighted by atomic mass is 10.1. The number of aromatic nitrogens is 2. The molecular formula is C24H28N4O4. The minimum atomic E-state index is -1.00. The van der Waals surface area contributed by atoms with Gasteiger partial charge in [-0.1, -0.05) is 23.4 Å². The van der Waals surface area contributed by atoms with E-state index in [1.807, 2.05) is 56.3 Å². The lowest BCUT2D eigenvalue weighted by molar-refractivity contribution is -0.153. The van der Waals surface area contributed by atoms with E-state index >= 15 is 0 Å². The summed E-state index contributed by atoms with van der Waals surface area (Å²) in [6, 6.07) is 15.1. The molecule has 1 saturated heterocycles. The van der Waals surface area contributed by atoms with Crippen molar-refractivity contribution in [3.8, 4) is 5.75 Å². The highest BCUT2D eigenvalue weighted by molar-refractivity contribution is 5.85. The zero-order chi connectivity index (χ0) is 22.7. The van der Waals surface area contributed by atoms with E-state index in [1.165, 1.54) is 0 Å². The molecule has 0 aliphatic carbocycles. The molecule has 8 nitrogen and oxygen atoms in total. The maximum Gasteiger partial charge on any atom is 0.266 e. The monoisotopic (exact) mass is 436 g/mol. The summed E-state index contributed by atoms with van der Waals surface area (Å²) in [6.07, 6.45) is -0.330. The lowest BCUT2D eigenvalue weighted by Crippen LogP contribution is -2.53. The minimum absolute atomic E-state index is 0.0836. The van der Waals surface area contributed by atoms with Gasteiger partial charge >= 0.3 is 0 Å². The van der Waals surface area contributed by atoms with Gasteiger partial charge in [0.05, 0.1) is 18.8 Å². The number of ether oxygens (including phenoxy) is 2. The third-order valence-electron chi connectivity index (χ3n) is 5.22. The van der Waals surface area contributed by atoms with Crippen LogP contribution in [0.2, 0.25) is 0 Å². The van der Waals surface area contributed by atoms with Crippen LogP contribution in [0.25, 0.3) is 0 Å². The normalized spacial score (nSPS) is 16.6. The molecule has 3 heterocycles. The van der Waals surface area contributed by atoms with Crippen molar-refractivity contribution in [2.75, 3.05) is 25.0 Å². The van der Waals surface area contributed by atoms with Crippen LogP contribution in [0.15, 0.2) is 53.1 Å². The fourth-order valence-corrected chi connectivity index (χ4v) is 3.67. The van der Waals surface area contributed by atoms with Crippen LogP contribution in [0.5, 0.6) is 5.75 Å². The van der Waals surface area contributed by atoms with Gasteiger partial charge in [0, 0.05) is 12.6 Å². The smallest absolute Gasteiger partial charge is 0.266 e. The molecule has 1 amide bonds. The van der Waals surface area contributed by atoms with Gasteiger partial charge in [0.2, 0.25) is 0 Å². The molecule has 1 fully saturated rings. The average Bonchev–Trinajstić information content (AvgIpc) is 3.17. The van der Waals surface area contributed by atoms with Crippen molar-refractivity contribution in [3.05, 3.63) is 65.5 Å². The molecular weight excluding hydrogens is 408 g/mol. The first-order chi connectivity index (χ1) is 15.3. The molecule has 0 spiro atoms. The third kappa shape index (κ3) is 5.08. The highest BCUT2D eigenvalue weighted by Gasteiger charge is 2.37. The average molecular weight is 437 g/mol. The Morgan fingerprint density at radius 2 is 1.97 bits per heavy atom. The largest absolute Gasteiger partial charge is 0.478 e. The van der Waals surface area contributed by atoms with Crippen LogP contribution < -0.4 is 10.1 Å². The number of nitrogens with one attached hydrogen (secondary N) is 1. The van der Waals surface area contributed by atoms with Crippen LogP contribution in [-0.4, -0.2) is 46.2 Å². The number of hydrogen-bond acceptors (Lipinski definition) is 7. The second kappa shape index (κ2) is 9.00. The van der Waals surface area contributed by atoms with Gasteiger partial charge < -0.3 is 24.2 Å². The van der Waals surface area contributed by atoms with E-state index in [1.54, 1.807) is 24.8 Å². The summed E-state index contributed by atoms with van der Waals surface area (Å²) in [5, 5.41) is 7.05. The molecule has 0 saturated carbocycles. The van der Waals surface area contributed by atoms with E-state index in [4.69, 9.17) is 14.0 Å². The fourth-order valence-electron chi connectivity index (χ4n) is 3.67. The molecule has 32 heavy (non-hydrogen) atoms. The summed E-state index contributed by atoms with van der Waals surface area (Å²) in [7, 11) is 0. The van der Waals surface area contributed by atoms with Crippen molar-refractivity contribution < 1.29 is 18.8 Å². The zero-order valence-corrected chi connectivity index (χ0v) is 18.8. The second-order valence-electron chi connectivity index (χ2n) is 8.43. The third-order valence-corrected chi connectivity index (χ3v) is 5.22. The van der Waals surface area contributed by atoms with Crippen molar-refractivity contribution in [2.24, 2.45) is 0 Å². The first-order valence-corrected chi connectivity index (χ1v) is 10.6. The first kappa shape index (κ1) is 21.8. The molecule has 1 aromatic carbocycles. The molecule has 2 aromatic heterocycles. The SMILES string of the molecule is Cc1cccc(OC(C)(C)C(=O)N2CCO[C@@H](c3cccc(Nc4cc(C)on4)n3)C2)c1. The summed E-state index contributed by atoms with van der Waals surface area (Å²) in [5.41, 5.74) is 0.819. The number of amides is 1. The van der Waals surface area contributed by atoms with E-state index < -0.39 is 5.60 Å². The summed E-state index contributed by atoms with van der Waals surface area (Å²) in [4.78, 5) is 19.7. The predicted molar refractivity (Wildman–Crippen MR) is 120 cm³/mol. The highest BCUT2D eigenvalue weighted by Crippen LogP contribution is 2.27. The van der Waals surface area contributed by atoms with Gasteiger partial charge in [0.1, 0.15) is 23.4 Å². The number of pyridine rings is 1. The van der Waals surface area contributed by atoms with E-state index in [-0.39, 0.29) is 12.0 Å². The predicted octanol–water partition coefficient (Wildman–Crippen LogP) is 4.19. The van der Waals surface area contributed by atoms with Crippen LogP contribution in [0.3, 0.4) is 0 Å². The number of morpholine rings is 1. The topological polar surface area (TPSA) is 89.7 Å². The second-order valence-corrected chi connectivity index (χ2v) is 8.43. The first-order valence-electron chi connectivity index (χ1n) is 10.6. The van der Waals surface area contributed by atoms with Crippen molar-refractivity contribution in [1.29, 1.82) is 0 Å². The molecule has 8 heteroatoms. The Balaban J connectivity index is 1.44. The van der Waals surface area contributed by atoms with Crippen molar-refractivity contribution in [2.45, 2.75) is 39.4 Å². The number of anilines is 2. The number of carbonyl (C=O) groups is 1.